The molecule has 12 heteroatoms. The number of nitrogens with zero attached hydrogens (tertiary/aromatic N) is 4. The number of rotatable bonds is 7. The van der Waals surface area contributed by atoms with Crippen LogP contribution in [0.15, 0.2) is 30.6 Å². The molecular formula is C18H15F7N4O. The zero-order valence-electron chi connectivity index (χ0n) is 15.2. The van der Waals surface area contributed by atoms with E-state index in [0.29, 0.717) is 6.07 Å². The summed E-state index contributed by atoms with van der Waals surface area (Å²) in [7, 11) is 0. The zero-order chi connectivity index (χ0) is 22.1. The normalized spacial score (nSPS) is 15.6. The molecular weight excluding hydrogens is 421 g/mol. The molecule has 0 bridgehead atoms. The lowest BCUT2D eigenvalue weighted by molar-refractivity contribution is -0.132. The van der Waals surface area contributed by atoms with E-state index < -0.39 is 48.4 Å². The Morgan fingerprint density at radius 2 is 1.63 bits per heavy atom. The number of carbonyl (C=O) groups excluding carboxylic acids is 1. The third-order valence-corrected chi connectivity index (χ3v) is 4.40. The standard InChI is InChI=1S/C18H15F7N4O/c19-8-17(22,23)12-3-11(4-13(5-12)18(24,25)9-20)16-26-10-29(27-16)2-1-15(30)28-6-14(21)7-28/h1-5,10,14H,6-9H2. The monoisotopic (exact) mass is 436 g/mol. The maximum atomic E-state index is 13.8. The van der Waals surface area contributed by atoms with Crippen molar-refractivity contribution in [2.24, 2.45) is 0 Å². The van der Waals surface area contributed by atoms with E-state index in [1.165, 1.54) is 4.90 Å². The van der Waals surface area contributed by atoms with E-state index in [0.717, 1.165) is 35.4 Å². The second-order valence-corrected chi connectivity index (χ2v) is 6.68. The van der Waals surface area contributed by atoms with Crippen LogP contribution in [0.5, 0.6) is 0 Å². The van der Waals surface area contributed by atoms with Crippen LogP contribution in [0, 0.1) is 0 Å². The Bertz CT molecular complexity index is 920. The fourth-order valence-electron chi connectivity index (χ4n) is 2.66. The van der Waals surface area contributed by atoms with Gasteiger partial charge >= 0.3 is 11.8 Å². The van der Waals surface area contributed by atoms with Crippen molar-refractivity contribution < 1.29 is 35.5 Å². The number of alkyl halides is 7. The van der Waals surface area contributed by atoms with E-state index in [4.69, 9.17) is 0 Å². The molecule has 0 unspecified atom stereocenters. The highest BCUT2D eigenvalue weighted by atomic mass is 19.3. The third-order valence-electron chi connectivity index (χ3n) is 4.40. The quantitative estimate of drug-likeness (QED) is 0.491. The van der Waals surface area contributed by atoms with Crippen molar-refractivity contribution in [3.63, 3.8) is 0 Å². The van der Waals surface area contributed by atoms with Crippen LogP contribution in [0.2, 0.25) is 0 Å². The number of hydrogen-bond donors (Lipinski definition) is 0. The molecule has 0 spiro atoms. The summed E-state index contributed by atoms with van der Waals surface area (Å²) in [5.74, 6) is -8.92. The molecule has 0 saturated carbocycles. The average Bonchev–Trinajstić information content (AvgIpc) is 3.18. The maximum absolute atomic E-state index is 13.8. The lowest BCUT2D eigenvalue weighted by Crippen LogP contribution is -2.50. The Morgan fingerprint density at radius 1 is 1.07 bits per heavy atom. The Balaban J connectivity index is 1.90. The van der Waals surface area contributed by atoms with Gasteiger partial charge in [0.15, 0.2) is 19.2 Å². The van der Waals surface area contributed by atoms with Crippen molar-refractivity contribution in [2.45, 2.75) is 18.0 Å². The van der Waals surface area contributed by atoms with Gasteiger partial charge in [-0.1, -0.05) is 0 Å². The van der Waals surface area contributed by atoms with Gasteiger partial charge in [-0.25, -0.2) is 22.8 Å². The number of carbonyl (C=O) groups is 1. The highest BCUT2D eigenvalue weighted by molar-refractivity contribution is 5.90. The Morgan fingerprint density at radius 3 is 2.13 bits per heavy atom. The molecule has 5 nitrogen and oxygen atoms in total. The molecule has 1 fully saturated rings. The second-order valence-electron chi connectivity index (χ2n) is 6.68. The first-order chi connectivity index (χ1) is 14.1. The van der Waals surface area contributed by atoms with Crippen LogP contribution in [0.1, 0.15) is 11.1 Å². The van der Waals surface area contributed by atoms with Crippen molar-refractivity contribution in [1.29, 1.82) is 0 Å². The molecule has 162 valence electrons. The van der Waals surface area contributed by atoms with Gasteiger partial charge in [-0.2, -0.15) is 17.6 Å². The van der Waals surface area contributed by atoms with Gasteiger partial charge in [0.05, 0.1) is 13.1 Å². The van der Waals surface area contributed by atoms with E-state index in [1.54, 1.807) is 0 Å². The fraction of sp³-hybridized carbons (Fsp3) is 0.389. The van der Waals surface area contributed by atoms with E-state index in [2.05, 4.69) is 10.1 Å². The number of benzene rings is 1. The van der Waals surface area contributed by atoms with Crippen LogP contribution in [-0.2, 0) is 16.6 Å². The van der Waals surface area contributed by atoms with Crippen LogP contribution in [0.25, 0.3) is 17.6 Å². The summed E-state index contributed by atoms with van der Waals surface area (Å²) in [5.41, 5.74) is -2.47. The first-order valence-electron chi connectivity index (χ1n) is 8.62. The summed E-state index contributed by atoms with van der Waals surface area (Å²) in [6, 6.07) is 1.80. The predicted molar refractivity (Wildman–Crippen MR) is 92.0 cm³/mol. The zero-order valence-corrected chi connectivity index (χ0v) is 15.2. The average molecular weight is 436 g/mol. The molecule has 0 aliphatic carbocycles. The van der Waals surface area contributed by atoms with Crippen LogP contribution in [-0.4, -0.2) is 58.2 Å². The summed E-state index contributed by atoms with van der Waals surface area (Å²) >= 11 is 0. The van der Waals surface area contributed by atoms with Gasteiger partial charge in [0, 0.05) is 29.0 Å². The number of aromatic nitrogens is 3. The molecule has 1 aromatic heterocycles. The third kappa shape index (κ3) is 4.46. The van der Waals surface area contributed by atoms with Crippen molar-refractivity contribution in [3.8, 4) is 11.4 Å². The molecule has 30 heavy (non-hydrogen) atoms. The molecule has 1 aromatic carbocycles. The van der Waals surface area contributed by atoms with Crippen LogP contribution >= 0.6 is 0 Å². The number of hydrogen-bond acceptors (Lipinski definition) is 3. The SMILES string of the molecule is O=C(C=Cn1cnc(-c2cc(C(F)(F)CF)cc(C(F)(F)CF)c2)n1)N1CC(F)C1. The molecule has 1 saturated heterocycles. The molecule has 0 N–H and O–H groups in total. The van der Waals surface area contributed by atoms with E-state index in [1.807, 2.05) is 0 Å². The van der Waals surface area contributed by atoms with Gasteiger partial charge in [0.2, 0.25) is 5.91 Å². The van der Waals surface area contributed by atoms with Gasteiger partial charge in [-0.15, -0.1) is 5.10 Å². The van der Waals surface area contributed by atoms with Crippen LogP contribution in [0.3, 0.4) is 0 Å². The van der Waals surface area contributed by atoms with E-state index >= 15 is 0 Å². The maximum Gasteiger partial charge on any atom is 0.301 e. The highest BCUT2D eigenvalue weighted by Crippen LogP contribution is 2.37. The van der Waals surface area contributed by atoms with Gasteiger partial charge < -0.3 is 4.90 Å². The smallest absolute Gasteiger partial charge is 0.301 e. The summed E-state index contributed by atoms with van der Waals surface area (Å²) in [5, 5.41) is 3.87. The molecule has 3 rings (SSSR count). The van der Waals surface area contributed by atoms with Crippen LogP contribution < -0.4 is 0 Å². The van der Waals surface area contributed by atoms with Gasteiger partial charge in [0.1, 0.15) is 12.5 Å². The summed E-state index contributed by atoms with van der Waals surface area (Å²) in [4.78, 5) is 16.8. The Hall–Kier alpha value is -2.92. The first-order valence-corrected chi connectivity index (χ1v) is 8.62. The second kappa shape index (κ2) is 8.07. The molecule has 1 aliphatic heterocycles. The topological polar surface area (TPSA) is 51.0 Å². The minimum atomic E-state index is -4.07. The largest absolute Gasteiger partial charge is 0.333 e. The number of likely N-dealkylation sites (tertiary alicyclic amines) is 1. The molecule has 2 heterocycles. The lowest BCUT2D eigenvalue weighted by Gasteiger charge is -2.33. The molecule has 1 aliphatic rings. The number of amides is 1. The molecule has 0 radical (unpaired) electrons. The van der Waals surface area contributed by atoms with Crippen molar-refractivity contribution >= 4 is 12.1 Å². The molecule has 2 aromatic rings. The van der Waals surface area contributed by atoms with Crippen molar-refractivity contribution in [2.75, 3.05) is 26.4 Å². The minimum absolute atomic E-state index is 0.0348. The Labute approximate surface area is 165 Å². The summed E-state index contributed by atoms with van der Waals surface area (Å²) in [6.45, 7) is -4.35. The highest BCUT2D eigenvalue weighted by Gasteiger charge is 2.37. The summed E-state index contributed by atoms with van der Waals surface area (Å²) in [6.07, 6.45) is 2.22. The number of halogens is 7. The predicted octanol–water partition coefficient (Wildman–Crippen LogP) is 3.72. The summed E-state index contributed by atoms with van der Waals surface area (Å²) < 4.78 is 94.2. The first kappa shape index (κ1) is 21.8. The molecule has 1 amide bonds. The van der Waals surface area contributed by atoms with Gasteiger partial charge in [-0.05, 0) is 18.2 Å². The Kier molecular flexibility index (Phi) is 5.86. The van der Waals surface area contributed by atoms with Crippen molar-refractivity contribution in [1.82, 2.24) is 19.7 Å². The molecule has 0 atom stereocenters. The lowest BCUT2D eigenvalue weighted by atomic mass is 9.98. The van der Waals surface area contributed by atoms with Crippen LogP contribution in [0.4, 0.5) is 30.7 Å². The van der Waals surface area contributed by atoms with Gasteiger partial charge in [0.25, 0.3) is 0 Å². The van der Waals surface area contributed by atoms with Crippen molar-refractivity contribution in [3.05, 3.63) is 41.7 Å². The van der Waals surface area contributed by atoms with E-state index in [-0.39, 0.29) is 24.5 Å². The van der Waals surface area contributed by atoms with E-state index in [9.17, 15) is 35.5 Å². The minimum Gasteiger partial charge on any atom is -0.333 e. The van der Waals surface area contributed by atoms with Gasteiger partial charge in [-0.3, -0.25) is 4.79 Å². The fourth-order valence-corrected chi connectivity index (χ4v) is 2.66.